The number of benzene rings is 2. The predicted molar refractivity (Wildman–Crippen MR) is 103 cm³/mol. The Balaban J connectivity index is 1.60. The third-order valence-electron chi connectivity index (χ3n) is 4.19. The van der Waals surface area contributed by atoms with Crippen LogP contribution in [0.2, 0.25) is 0 Å². The van der Waals surface area contributed by atoms with E-state index in [1.54, 1.807) is 30.3 Å². The lowest BCUT2D eigenvalue weighted by atomic mass is 10.1. The molecule has 2 aromatic carbocycles. The first-order valence-electron chi connectivity index (χ1n) is 8.93. The fourth-order valence-corrected chi connectivity index (χ4v) is 2.74. The number of urea groups is 1. The number of carbonyl (C=O) groups excluding carboxylic acids is 3. The summed E-state index contributed by atoms with van der Waals surface area (Å²) in [6, 6.07) is 12.1. The van der Waals surface area contributed by atoms with Crippen LogP contribution in [-0.4, -0.2) is 36.8 Å². The maximum absolute atomic E-state index is 12.5. The van der Waals surface area contributed by atoms with Crippen LogP contribution in [0.4, 0.5) is 10.5 Å². The van der Waals surface area contributed by atoms with E-state index >= 15 is 0 Å². The average Bonchev–Trinajstić information content (AvgIpc) is 3.15. The predicted octanol–water partition coefficient (Wildman–Crippen LogP) is 1.57. The Morgan fingerprint density at radius 2 is 1.83 bits per heavy atom. The lowest BCUT2D eigenvalue weighted by molar-refractivity contribution is -0.155. The minimum atomic E-state index is -1.10. The number of rotatable bonds is 7. The van der Waals surface area contributed by atoms with E-state index < -0.39 is 30.1 Å². The highest BCUT2D eigenvalue weighted by Gasteiger charge is 2.26. The lowest BCUT2D eigenvalue weighted by Gasteiger charge is -2.20. The van der Waals surface area contributed by atoms with E-state index in [1.807, 2.05) is 18.2 Å². The van der Waals surface area contributed by atoms with Crippen molar-refractivity contribution < 1.29 is 28.6 Å². The van der Waals surface area contributed by atoms with Gasteiger partial charge in [-0.25, -0.2) is 9.59 Å². The number of esters is 1. The van der Waals surface area contributed by atoms with Gasteiger partial charge in [-0.2, -0.15) is 0 Å². The Kier molecular flexibility index (Phi) is 6.18. The molecule has 0 bridgehead atoms. The quantitative estimate of drug-likeness (QED) is 0.606. The van der Waals surface area contributed by atoms with Gasteiger partial charge in [-0.3, -0.25) is 4.79 Å². The number of amides is 3. The minimum Gasteiger partial charge on any atom is -0.454 e. The maximum atomic E-state index is 12.5. The van der Waals surface area contributed by atoms with Crippen LogP contribution in [-0.2, 0) is 20.7 Å². The van der Waals surface area contributed by atoms with Crippen LogP contribution in [0.3, 0.4) is 0 Å². The van der Waals surface area contributed by atoms with Gasteiger partial charge in [-0.1, -0.05) is 30.3 Å². The van der Waals surface area contributed by atoms with Crippen LogP contribution in [0.1, 0.15) is 12.5 Å². The van der Waals surface area contributed by atoms with Crippen LogP contribution >= 0.6 is 0 Å². The molecule has 0 fully saturated rings. The number of carbonyl (C=O) groups is 3. The summed E-state index contributed by atoms with van der Waals surface area (Å²) in [6.07, 6.45) is -0.917. The summed E-state index contributed by atoms with van der Waals surface area (Å²) < 4.78 is 15.7. The number of primary amides is 1. The van der Waals surface area contributed by atoms with Gasteiger partial charge in [-0.15, -0.1) is 0 Å². The Labute approximate surface area is 167 Å². The zero-order chi connectivity index (χ0) is 20.8. The second-order valence-electron chi connectivity index (χ2n) is 6.39. The number of hydrogen-bond acceptors (Lipinski definition) is 6. The minimum absolute atomic E-state index is 0.121. The van der Waals surface area contributed by atoms with Crippen molar-refractivity contribution in [3.05, 3.63) is 54.1 Å². The first-order chi connectivity index (χ1) is 13.9. The number of hydrogen-bond donors (Lipinski definition) is 3. The number of nitrogens with one attached hydrogen (secondary N) is 2. The van der Waals surface area contributed by atoms with Gasteiger partial charge in [0.25, 0.3) is 5.91 Å². The molecule has 0 saturated carbocycles. The standard InChI is InChI=1S/C20H21N3O6/c1-12(18(24)22-14-7-8-16-17(10-14)28-11-27-16)29-19(25)15(23-20(21)26)9-13-5-3-2-4-6-13/h2-8,10,12,15H,9,11H2,1H3,(H,22,24)(H3,21,23,26)/t12-,15-/m0/s1. The number of anilines is 1. The smallest absolute Gasteiger partial charge is 0.329 e. The molecule has 0 aliphatic carbocycles. The van der Waals surface area contributed by atoms with Gasteiger partial charge < -0.3 is 30.6 Å². The molecule has 0 aromatic heterocycles. The van der Waals surface area contributed by atoms with E-state index in [0.29, 0.717) is 17.2 Å². The highest BCUT2D eigenvalue weighted by Crippen LogP contribution is 2.34. The third-order valence-corrected chi connectivity index (χ3v) is 4.19. The molecule has 29 heavy (non-hydrogen) atoms. The fourth-order valence-electron chi connectivity index (χ4n) is 2.74. The summed E-state index contributed by atoms with van der Waals surface area (Å²) >= 11 is 0. The zero-order valence-corrected chi connectivity index (χ0v) is 15.7. The maximum Gasteiger partial charge on any atom is 0.329 e. The van der Waals surface area contributed by atoms with Crippen LogP contribution in [0.25, 0.3) is 0 Å². The molecule has 3 rings (SSSR count). The van der Waals surface area contributed by atoms with Gasteiger partial charge in [-0.05, 0) is 24.6 Å². The molecule has 0 radical (unpaired) electrons. The Morgan fingerprint density at radius 3 is 2.55 bits per heavy atom. The molecule has 1 aliphatic heterocycles. The van der Waals surface area contributed by atoms with E-state index in [0.717, 1.165) is 5.56 Å². The third kappa shape index (κ3) is 5.38. The van der Waals surface area contributed by atoms with Crippen molar-refractivity contribution in [2.75, 3.05) is 12.1 Å². The number of ether oxygens (including phenoxy) is 3. The number of nitrogens with two attached hydrogens (primary N) is 1. The van der Waals surface area contributed by atoms with Crippen molar-refractivity contribution in [3.8, 4) is 11.5 Å². The molecule has 4 N–H and O–H groups in total. The Bertz CT molecular complexity index is 902. The number of fused-ring (bicyclic) bond motifs is 1. The molecule has 2 aromatic rings. The van der Waals surface area contributed by atoms with Gasteiger partial charge in [0.2, 0.25) is 6.79 Å². The highest BCUT2D eigenvalue weighted by atomic mass is 16.7. The van der Waals surface area contributed by atoms with Gasteiger partial charge in [0.1, 0.15) is 6.04 Å². The molecule has 1 aliphatic rings. The second-order valence-corrected chi connectivity index (χ2v) is 6.39. The first-order valence-corrected chi connectivity index (χ1v) is 8.93. The molecule has 0 unspecified atom stereocenters. The molecule has 152 valence electrons. The SMILES string of the molecule is C[C@H](OC(=O)[C@H](Cc1ccccc1)NC(N)=O)C(=O)Nc1ccc2c(c1)OCO2. The summed E-state index contributed by atoms with van der Waals surface area (Å²) in [5.74, 6) is -0.194. The molecular weight excluding hydrogens is 378 g/mol. The van der Waals surface area contributed by atoms with Crippen LogP contribution in [0, 0.1) is 0 Å². The fraction of sp³-hybridized carbons (Fsp3) is 0.250. The van der Waals surface area contributed by atoms with Crippen molar-refractivity contribution in [1.29, 1.82) is 0 Å². The van der Waals surface area contributed by atoms with E-state index in [1.165, 1.54) is 6.92 Å². The van der Waals surface area contributed by atoms with E-state index in [-0.39, 0.29) is 13.2 Å². The monoisotopic (exact) mass is 399 g/mol. The second kappa shape index (κ2) is 8.96. The summed E-state index contributed by atoms with van der Waals surface area (Å²) in [5, 5.41) is 4.99. The van der Waals surface area contributed by atoms with E-state index in [2.05, 4.69) is 10.6 Å². The Morgan fingerprint density at radius 1 is 1.10 bits per heavy atom. The summed E-state index contributed by atoms with van der Waals surface area (Å²) in [6.45, 7) is 1.56. The molecule has 9 heteroatoms. The molecular formula is C20H21N3O6. The van der Waals surface area contributed by atoms with Crippen molar-refractivity contribution in [2.45, 2.75) is 25.5 Å². The first kappa shape index (κ1) is 20.0. The van der Waals surface area contributed by atoms with Gasteiger partial charge in [0, 0.05) is 18.2 Å². The lowest BCUT2D eigenvalue weighted by Crippen LogP contribution is -2.47. The molecule has 3 amide bonds. The molecule has 2 atom stereocenters. The van der Waals surface area contributed by atoms with E-state index in [9.17, 15) is 14.4 Å². The molecule has 9 nitrogen and oxygen atoms in total. The van der Waals surface area contributed by atoms with Crippen molar-refractivity contribution in [1.82, 2.24) is 5.32 Å². The molecule has 1 heterocycles. The highest BCUT2D eigenvalue weighted by molar-refractivity contribution is 5.96. The summed E-state index contributed by atoms with van der Waals surface area (Å²) in [7, 11) is 0. The molecule has 0 spiro atoms. The van der Waals surface area contributed by atoms with E-state index in [4.69, 9.17) is 19.9 Å². The van der Waals surface area contributed by atoms with Gasteiger partial charge >= 0.3 is 12.0 Å². The zero-order valence-electron chi connectivity index (χ0n) is 15.7. The van der Waals surface area contributed by atoms with Crippen molar-refractivity contribution in [3.63, 3.8) is 0 Å². The average molecular weight is 399 g/mol. The van der Waals surface area contributed by atoms with Gasteiger partial charge in [0.15, 0.2) is 17.6 Å². The van der Waals surface area contributed by atoms with Crippen LogP contribution < -0.4 is 25.8 Å². The van der Waals surface area contributed by atoms with Crippen molar-refractivity contribution >= 4 is 23.6 Å². The summed E-state index contributed by atoms with van der Waals surface area (Å²) in [4.78, 5) is 36.1. The van der Waals surface area contributed by atoms with Crippen LogP contribution in [0.15, 0.2) is 48.5 Å². The topological polar surface area (TPSA) is 129 Å². The molecule has 0 saturated heterocycles. The normalized spacial score (nSPS) is 13.8. The van der Waals surface area contributed by atoms with Crippen molar-refractivity contribution in [2.24, 2.45) is 5.73 Å². The Hall–Kier alpha value is -3.75. The largest absolute Gasteiger partial charge is 0.454 e. The van der Waals surface area contributed by atoms with Crippen LogP contribution in [0.5, 0.6) is 11.5 Å². The van der Waals surface area contributed by atoms with Gasteiger partial charge in [0.05, 0.1) is 0 Å². The summed E-state index contributed by atoms with van der Waals surface area (Å²) in [5.41, 5.74) is 6.44.